The molecule has 44 heavy (non-hydrogen) atoms. The number of carbonyl (C=O) groups excluding carboxylic acids is 2. The molecular formula is C35H44N2O7. The number of aliphatic hydroxyl groups excluding tert-OH is 1. The first-order chi connectivity index (χ1) is 21.3. The summed E-state index contributed by atoms with van der Waals surface area (Å²) in [6.07, 6.45) is 2.52. The van der Waals surface area contributed by atoms with Gasteiger partial charge in [-0.1, -0.05) is 61.9 Å². The van der Waals surface area contributed by atoms with Crippen molar-refractivity contribution in [2.75, 3.05) is 34.7 Å². The van der Waals surface area contributed by atoms with Crippen LogP contribution in [0.2, 0.25) is 0 Å². The van der Waals surface area contributed by atoms with Gasteiger partial charge < -0.3 is 35.1 Å². The number of nitrogens with two attached hydrogens (primary N) is 1. The third-order valence-electron chi connectivity index (χ3n) is 7.50. The zero-order chi connectivity index (χ0) is 31.9. The van der Waals surface area contributed by atoms with E-state index in [1.54, 1.807) is 31.4 Å². The van der Waals surface area contributed by atoms with Crippen molar-refractivity contribution in [3.05, 3.63) is 95.1 Å². The van der Waals surface area contributed by atoms with Crippen LogP contribution in [0.15, 0.2) is 78.4 Å². The van der Waals surface area contributed by atoms with Gasteiger partial charge in [-0.2, -0.15) is 0 Å². The highest BCUT2D eigenvalue weighted by atomic mass is 16.7. The van der Waals surface area contributed by atoms with Crippen LogP contribution in [0.4, 0.5) is 0 Å². The first-order valence-corrected chi connectivity index (χ1v) is 14.7. The fraction of sp³-hybridized carbons (Fsp3) is 0.371. The molecule has 0 aliphatic rings. The van der Waals surface area contributed by atoms with Crippen LogP contribution >= 0.6 is 0 Å². The lowest BCUT2D eigenvalue weighted by Gasteiger charge is -2.31. The molecule has 0 radical (unpaired) electrons. The molecule has 0 aromatic heterocycles. The van der Waals surface area contributed by atoms with Crippen LogP contribution in [0, 0.1) is 11.8 Å². The Balaban J connectivity index is 1.92. The maximum atomic E-state index is 13.4. The third kappa shape index (κ3) is 9.86. The van der Waals surface area contributed by atoms with Gasteiger partial charge in [0, 0.05) is 25.1 Å². The van der Waals surface area contributed by atoms with E-state index in [0.29, 0.717) is 54.9 Å². The zero-order valence-corrected chi connectivity index (χ0v) is 26.0. The summed E-state index contributed by atoms with van der Waals surface area (Å²) in [5.41, 5.74) is 8.94. The van der Waals surface area contributed by atoms with E-state index in [0.717, 1.165) is 16.9 Å². The van der Waals surface area contributed by atoms with Crippen molar-refractivity contribution >= 4 is 17.9 Å². The Kier molecular flexibility index (Phi) is 13.7. The number of ether oxygens (including phenoxy) is 4. The van der Waals surface area contributed by atoms with E-state index in [1.807, 2.05) is 61.5 Å². The first kappa shape index (κ1) is 34.2. The maximum Gasteiger partial charge on any atom is 0.249 e. The lowest BCUT2D eigenvalue weighted by molar-refractivity contribution is -0.133. The summed E-state index contributed by atoms with van der Waals surface area (Å²) in [6, 6.07) is 22.5. The Morgan fingerprint density at radius 3 is 2.27 bits per heavy atom. The molecule has 4 N–H and O–H groups in total. The molecule has 0 saturated carbocycles. The van der Waals surface area contributed by atoms with Gasteiger partial charge in [0.05, 0.1) is 14.2 Å². The zero-order valence-electron chi connectivity index (χ0n) is 26.0. The van der Waals surface area contributed by atoms with Gasteiger partial charge in [0.2, 0.25) is 11.8 Å². The van der Waals surface area contributed by atoms with E-state index in [4.69, 9.17) is 24.7 Å². The number of hydrogen-bond donors (Lipinski definition) is 3. The summed E-state index contributed by atoms with van der Waals surface area (Å²) in [4.78, 5) is 26.4. The topological polar surface area (TPSA) is 129 Å². The smallest absolute Gasteiger partial charge is 0.249 e. The van der Waals surface area contributed by atoms with E-state index >= 15 is 0 Å². The molecule has 0 aliphatic carbocycles. The molecule has 3 rings (SSSR count). The van der Waals surface area contributed by atoms with Gasteiger partial charge in [-0.25, -0.2) is 0 Å². The third-order valence-corrected chi connectivity index (χ3v) is 7.50. The summed E-state index contributed by atoms with van der Waals surface area (Å²) >= 11 is 0. The monoisotopic (exact) mass is 604 g/mol. The SMILES string of the molecule is CCC[C@H](/C(=C\c1ccc(OCOC)c(OC)c1)C(N)=O)C(Cc1ccccc1)C(O)C(=O)NCCc1ccc(OC)cc1. The number of rotatable bonds is 18. The predicted molar refractivity (Wildman–Crippen MR) is 170 cm³/mol. The lowest BCUT2D eigenvalue weighted by Crippen LogP contribution is -2.44. The molecule has 3 aromatic rings. The summed E-state index contributed by atoms with van der Waals surface area (Å²) < 4.78 is 21.2. The molecule has 0 aliphatic heterocycles. The van der Waals surface area contributed by atoms with E-state index in [-0.39, 0.29) is 6.79 Å². The molecular weight excluding hydrogens is 560 g/mol. The standard InChI is InChI=1S/C35H44N2O7/c1-5-9-28(30(34(36)39)21-26-14-17-31(44-23-41-2)32(22-26)43-4)29(20-25-10-7-6-8-11-25)33(38)35(40)37-19-18-24-12-15-27(42-3)16-13-24/h6-8,10-17,21-22,28-29,33,38H,5,9,18-20,23H2,1-4H3,(H2,36,39)(H,37,40)/b30-21+/t28-,29?,33?/m0/s1. The van der Waals surface area contributed by atoms with E-state index in [9.17, 15) is 14.7 Å². The average Bonchev–Trinajstić information content (AvgIpc) is 3.04. The summed E-state index contributed by atoms with van der Waals surface area (Å²) in [7, 11) is 4.66. The molecule has 0 bridgehead atoms. The van der Waals surface area contributed by atoms with E-state index in [1.165, 1.54) is 14.2 Å². The molecule has 3 atom stereocenters. The van der Waals surface area contributed by atoms with Crippen molar-refractivity contribution in [2.45, 2.75) is 38.7 Å². The van der Waals surface area contributed by atoms with Gasteiger partial charge in [-0.05, 0) is 72.2 Å². The van der Waals surface area contributed by atoms with Crippen LogP contribution in [0.5, 0.6) is 17.2 Å². The van der Waals surface area contributed by atoms with Crippen molar-refractivity contribution in [3.63, 3.8) is 0 Å². The highest BCUT2D eigenvalue weighted by Gasteiger charge is 2.36. The number of amides is 2. The van der Waals surface area contributed by atoms with Crippen LogP contribution in [-0.2, 0) is 27.2 Å². The minimum absolute atomic E-state index is 0.0534. The van der Waals surface area contributed by atoms with Gasteiger partial charge >= 0.3 is 0 Å². The van der Waals surface area contributed by atoms with E-state index < -0.39 is 29.8 Å². The second-order valence-corrected chi connectivity index (χ2v) is 10.5. The molecule has 0 heterocycles. The van der Waals surface area contributed by atoms with Gasteiger partial charge in [-0.15, -0.1) is 0 Å². The number of carbonyl (C=O) groups is 2. The Morgan fingerprint density at radius 1 is 0.932 bits per heavy atom. The number of benzene rings is 3. The van der Waals surface area contributed by atoms with E-state index in [2.05, 4.69) is 5.32 Å². The number of methoxy groups -OCH3 is 3. The highest BCUT2D eigenvalue weighted by molar-refractivity contribution is 5.97. The fourth-order valence-corrected chi connectivity index (χ4v) is 5.25. The summed E-state index contributed by atoms with van der Waals surface area (Å²) in [5.74, 6) is -0.535. The van der Waals surface area contributed by atoms with Crippen molar-refractivity contribution in [1.82, 2.24) is 5.32 Å². The Labute approximate surface area is 260 Å². The van der Waals surface area contributed by atoms with Crippen LogP contribution in [0.1, 0.15) is 36.5 Å². The van der Waals surface area contributed by atoms with Crippen molar-refractivity contribution in [1.29, 1.82) is 0 Å². The van der Waals surface area contributed by atoms with Crippen LogP contribution in [-0.4, -0.2) is 57.7 Å². The van der Waals surface area contributed by atoms with Crippen LogP contribution < -0.4 is 25.3 Å². The quantitative estimate of drug-likeness (QED) is 0.144. The lowest BCUT2D eigenvalue weighted by atomic mass is 9.75. The summed E-state index contributed by atoms with van der Waals surface area (Å²) in [5, 5.41) is 14.4. The molecule has 2 amide bonds. The minimum Gasteiger partial charge on any atom is -0.497 e. The summed E-state index contributed by atoms with van der Waals surface area (Å²) in [6.45, 7) is 2.39. The van der Waals surface area contributed by atoms with Crippen LogP contribution in [0.3, 0.4) is 0 Å². The second-order valence-electron chi connectivity index (χ2n) is 10.5. The van der Waals surface area contributed by atoms with Crippen molar-refractivity contribution in [2.24, 2.45) is 17.6 Å². The Bertz CT molecular complexity index is 1360. The molecule has 9 nitrogen and oxygen atoms in total. The molecule has 0 spiro atoms. The van der Waals surface area contributed by atoms with Crippen molar-refractivity contribution < 1.29 is 33.6 Å². The van der Waals surface area contributed by atoms with Gasteiger partial charge in [-0.3, -0.25) is 9.59 Å². The molecule has 236 valence electrons. The van der Waals surface area contributed by atoms with Gasteiger partial charge in [0.15, 0.2) is 18.3 Å². The number of hydrogen-bond acceptors (Lipinski definition) is 7. The fourth-order valence-electron chi connectivity index (χ4n) is 5.25. The molecule has 0 saturated heterocycles. The van der Waals surface area contributed by atoms with Gasteiger partial charge in [0.1, 0.15) is 11.9 Å². The van der Waals surface area contributed by atoms with Crippen molar-refractivity contribution in [3.8, 4) is 17.2 Å². The highest BCUT2D eigenvalue weighted by Crippen LogP contribution is 2.35. The first-order valence-electron chi connectivity index (χ1n) is 14.7. The number of aliphatic hydroxyl groups is 1. The van der Waals surface area contributed by atoms with Crippen LogP contribution in [0.25, 0.3) is 6.08 Å². The molecule has 3 aromatic carbocycles. The number of nitrogens with one attached hydrogen (secondary N) is 1. The number of primary amides is 1. The Morgan fingerprint density at radius 2 is 1.66 bits per heavy atom. The average molecular weight is 605 g/mol. The molecule has 0 fully saturated rings. The molecule has 2 unspecified atom stereocenters. The minimum atomic E-state index is -1.38. The largest absolute Gasteiger partial charge is 0.497 e. The second kappa shape index (κ2) is 17.7. The maximum absolute atomic E-state index is 13.4. The predicted octanol–water partition coefficient (Wildman–Crippen LogP) is 4.55. The molecule has 9 heteroatoms. The normalized spacial score (nSPS) is 13.4. The Hall–Kier alpha value is -4.34. The van der Waals surface area contributed by atoms with Gasteiger partial charge in [0.25, 0.3) is 0 Å².